The van der Waals surface area contributed by atoms with Gasteiger partial charge in [-0.05, 0) is 31.0 Å². The number of nitrogens with one attached hydrogen (secondary N) is 2. The Morgan fingerprint density at radius 2 is 1.96 bits per heavy atom. The lowest BCUT2D eigenvalue weighted by molar-refractivity contribution is -0.152. The molecule has 0 aliphatic carbocycles. The zero-order valence-electron chi connectivity index (χ0n) is 15.5. The summed E-state index contributed by atoms with van der Waals surface area (Å²) in [5, 5.41) is 0.328. The van der Waals surface area contributed by atoms with Crippen LogP contribution in [0.2, 0.25) is 5.02 Å². The second kappa shape index (κ2) is 10.5. The highest BCUT2D eigenvalue weighted by molar-refractivity contribution is 6.31. The molecule has 28 heavy (non-hydrogen) atoms. The summed E-state index contributed by atoms with van der Waals surface area (Å²) in [4.78, 5) is 49.0. The summed E-state index contributed by atoms with van der Waals surface area (Å²) in [5.41, 5.74) is 4.45. The highest BCUT2D eigenvalue weighted by atomic mass is 35.5. The summed E-state index contributed by atoms with van der Waals surface area (Å²) in [5.74, 6) is -1.88. The molecule has 152 valence electrons. The van der Waals surface area contributed by atoms with Gasteiger partial charge in [-0.3, -0.25) is 30.0 Å². The van der Waals surface area contributed by atoms with Gasteiger partial charge in [0, 0.05) is 18.0 Å². The second-order valence-electron chi connectivity index (χ2n) is 6.13. The molecule has 0 spiro atoms. The van der Waals surface area contributed by atoms with Crippen LogP contribution in [0.15, 0.2) is 18.2 Å². The Kier molecular flexibility index (Phi) is 8.06. The van der Waals surface area contributed by atoms with Crippen molar-refractivity contribution in [3.63, 3.8) is 0 Å². The third-order valence-corrected chi connectivity index (χ3v) is 4.31. The average molecular weight is 412 g/mol. The maximum Gasteiger partial charge on any atom is 0.326 e. The van der Waals surface area contributed by atoms with Crippen LogP contribution in [0.3, 0.4) is 0 Å². The van der Waals surface area contributed by atoms with E-state index >= 15 is 0 Å². The number of esters is 1. The van der Waals surface area contributed by atoms with Crippen LogP contribution in [-0.2, 0) is 19.1 Å². The van der Waals surface area contributed by atoms with Crippen LogP contribution in [0.4, 0.5) is 0 Å². The quantitative estimate of drug-likeness (QED) is 0.534. The third-order valence-electron chi connectivity index (χ3n) is 4.08. The molecule has 0 radical (unpaired) electrons. The molecule has 2 N–H and O–H groups in total. The number of hydrogen-bond donors (Lipinski definition) is 2. The van der Waals surface area contributed by atoms with E-state index in [0.717, 1.165) is 19.3 Å². The number of ether oxygens (including phenoxy) is 2. The number of carbonyl (C=O) groups is 4. The van der Waals surface area contributed by atoms with Crippen LogP contribution in [0, 0.1) is 0 Å². The summed E-state index contributed by atoms with van der Waals surface area (Å²) in [7, 11) is 1.40. The zero-order valence-corrected chi connectivity index (χ0v) is 16.2. The fraction of sp³-hybridized carbons (Fsp3) is 0.444. The lowest BCUT2D eigenvalue weighted by Gasteiger charge is -2.19. The van der Waals surface area contributed by atoms with E-state index < -0.39 is 24.4 Å². The maximum absolute atomic E-state index is 12.1. The average Bonchev–Trinajstić information content (AvgIpc) is 2.88. The van der Waals surface area contributed by atoms with Crippen molar-refractivity contribution in [3.8, 4) is 5.75 Å². The number of rotatable bonds is 6. The Balaban J connectivity index is 1.76. The number of nitrogens with zero attached hydrogens (tertiary/aromatic N) is 1. The van der Waals surface area contributed by atoms with E-state index in [0.29, 0.717) is 18.0 Å². The Labute approximate surface area is 167 Å². The van der Waals surface area contributed by atoms with Crippen molar-refractivity contribution < 1.29 is 28.7 Å². The van der Waals surface area contributed by atoms with Gasteiger partial charge in [0.05, 0.1) is 12.7 Å². The van der Waals surface area contributed by atoms with Gasteiger partial charge in [-0.15, -0.1) is 0 Å². The molecule has 0 unspecified atom stereocenters. The van der Waals surface area contributed by atoms with Crippen molar-refractivity contribution in [2.24, 2.45) is 0 Å². The number of amides is 3. The molecule has 0 atom stereocenters. The highest BCUT2D eigenvalue weighted by Gasteiger charge is 2.20. The van der Waals surface area contributed by atoms with Crippen molar-refractivity contribution in [1.82, 2.24) is 15.8 Å². The number of methoxy groups -OCH3 is 1. The van der Waals surface area contributed by atoms with Gasteiger partial charge in [-0.25, -0.2) is 0 Å². The largest absolute Gasteiger partial charge is 0.496 e. The van der Waals surface area contributed by atoms with Crippen LogP contribution < -0.4 is 15.6 Å². The first-order valence-electron chi connectivity index (χ1n) is 8.77. The van der Waals surface area contributed by atoms with E-state index in [2.05, 4.69) is 10.9 Å². The van der Waals surface area contributed by atoms with Crippen molar-refractivity contribution >= 4 is 35.3 Å². The van der Waals surface area contributed by atoms with Crippen molar-refractivity contribution in [2.45, 2.75) is 25.7 Å². The zero-order chi connectivity index (χ0) is 20.5. The molecule has 1 heterocycles. The molecule has 1 aliphatic heterocycles. The molecule has 9 nitrogen and oxygen atoms in total. The molecule has 1 aliphatic rings. The molecule has 1 fully saturated rings. The highest BCUT2D eigenvalue weighted by Crippen LogP contribution is 2.22. The second-order valence-corrected chi connectivity index (χ2v) is 6.57. The topological polar surface area (TPSA) is 114 Å². The first kappa shape index (κ1) is 21.5. The van der Waals surface area contributed by atoms with Crippen molar-refractivity contribution in [1.29, 1.82) is 0 Å². The molecule has 1 saturated heterocycles. The van der Waals surface area contributed by atoms with E-state index in [-0.39, 0.29) is 23.8 Å². The summed E-state index contributed by atoms with van der Waals surface area (Å²) >= 11 is 5.86. The molecule has 0 bridgehead atoms. The lowest BCUT2D eigenvalue weighted by Crippen LogP contribution is -2.44. The monoisotopic (exact) mass is 411 g/mol. The molecular formula is C18H22ClN3O6. The van der Waals surface area contributed by atoms with Crippen LogP contribution in [0.25, 0.3) is 0 Å². The van der Waals surface area contributed by atoms with Gasteiger partial charge in [-0.2, -0.15) is 0 Å². The fourth-order valence-electron chi connectivity index (χ4n) is 2.64. The first-order chi connectivity index (χ1) is 13.4. The molecular weight excluding hydrogens is 390 g/mol. The van der Waals surface area contributed by atoms with Crippen LogP contribution >= 0.6 is 11.6 Å². The summed E-state index contributed by atoms with van der Waals surface area (Å²) < 4.78 is 9.92. The lowest BCUT2D eigenvalue weighted by atomic mass is 10.2. The predicted octanol–water partition coefficient (Wildman–Crippen LogP) is 1.06. The van der Waals surface area contributed by atoms with Gasteiger partial charge in [-0.1, -0.05) is 18.0 Å². The minimum Gasteiger partial charge on any atom is -0.496 e. The van der Waals surface area contributed by atoms with E-state index in [1.807, 2.05) is 0 Å². The SMILES string of the molecule is COc1ccc(Cl)cc1C(=O)NNC(=O)COC(=O)CN1CCCCCC1=O. The summed E-state index contributed by atoms with van der Waals surface area (Å²) in [6.45, 7) is -0.288. The number of likely N-dealkylation sites (tertiary alicyclic amines) is 1. The minimum absolute atomic E-state index is 0.0957. The van der Waals surface area contributed by atoms with Gasteiger partial charge < -0.3 is 14.4 Å². The van der Waals surface area contributed by atoms with Gasteiger partial charge in [0.25, 0.3) is 11.8 Å². The van der Waals surface area contributed by atoms with E-state index in [1.165, 1.54) is 24.1 Å². The van der Waals surface area contributed by atoms with Crippen LogP contribution in [-0.4, -0.2) is 55.4 Å². The summed E-state index contributed by atoms with van der Waals surface area (Å²) in [6, 6.07) is 4.47. The van der Waals surface area contributed by atoms with Gasteiger partial charge in [0.2, 0.25) is 5.91 Å². The number of benzene rings is 1. The Morgan fingerprint density at radius 3 is 2.71 bits per heavy atom. The molecule has 1 aromatic rings. The van der Waals surface area contributed by atoms with Crippen molar-refractivity contribution in [2.75, 3.05) is 26.8 Å². The Bertz CT molecular complexity index is 755. The van der Waals surface area contributed by atoms with E-state index in [1.54, 1.807) is 6.07 Å². The smallest absolute Gasteiger partial charge is 0.326 e. The Hall–Kier alpha value is -2.81. The maximum atomic E-state index is 12.1. The minimum atomic E-state index is -0.732. The molecule has 0 aromatic heterocycles. The van der Waals surface area contributed by atoms with Crippen LogP contribution in [0.1, 0.15) is 36.0 Å². The standard InChI is InChI=1S/C18H22ClN3O6/c1-27-14-7-6-12(19)9-13(14)18(26)21-20-15(23)11-28-17(25)10-22-8-4-2-3-5-16(22)24/h6-7,9H,2-5,8,10-11H2,1H3,(H,20,23)(H,21,26). The molecule has 1 aromatic carbocycles. The van der Waals surface area contributed by atoms with E-state index in [9.17, 15) is 19.2 Å². The van der Waals surface area contributed by atoms with E-state index in [4.69, 9.17) is 21.1 Å². The van der Waals surface area contributed by atoms with Gasteiger partial charge >= 0.3 is 5.97 Å². The number of hydrazine groups is 1. The number of halogens is 1. The number of hydrogen-bond acceptors (Lipinski definition) is 6. The van der Waals surface area contributed by atoms with Crippen LogP contribution in [0.5, 0.6) is 5.75 Å². The van der Waals surface area contributed by atoms with Gasteiger partial charge in [0.1, 0.15) is 12.3 Å². The fourth-order valence-corrected chi connectivity index (χ4v) is 2.81. The molecule has 3 amide bonds. The molecule has 0 saturated carbocycles. The molecule has 2 rings (SSSR count). The predicted molar refractivity (Wildman–Crippen MR) is 99.6 cm³/mol. The Morgan fingerprint density at radius 1 is 1.18 bits per heavy atom. The molecule has 10 heteroatoms. The third kappa shape index (κ3) is 6.41. The summed E-state index contributed by atoms with van der Waals surface area (Å²) in [6.07, 6.45) is 2.99. The van der Waals surface area contributed by atoms with Gasteiger partial charge in [0.15, 0.2) is 6.61 Å². The first-order valence-corrected chi connectivity index (χ1v) is 9.14. The van der Waals surface area contributed by atoms with Crippen molar-refractivity contribution in [3.05, 3.63) is 28.8 Å². The normalized spacial score (nSPS) is 14.1. The number of carbonyl (C=O) groups excluding carboxylic acids is 4.